The Morgan fingerprint density at radius 3 is 3.35 bits per heavy atom. The first kappa shape index (κ1) is 11.7. The highest BCUT2D eigenvalue weighted by Crippen LogP contribution is 2.32. The second-order valence-corrected chi connectivity index (χ2v) is 5.97. The van der Waals surface area contributed by atoms with Gasteiger partial charge in [-0.2, -0.15) is 5.10 Å². The smallest absolute Gasteiger partial charge is 0.151 e. The third-order valence-corrected chi connectivity index (χ3v) is 4.35. The number of rotatable bonds is 2. The van der Waals surface area contributed by atoms with E-state index in [1.54, 1.807) is 17.7 Å². The van der Waals surface area contributed by atoms with Crippen molar-refractivity contribution in [2.75, 3.05) is 17.2 Å². The van der Waals surface area contributed by atoms with Crippen LogP contribution < -0.4 is 10.6 Å². The molecule has 0 fully saturated rings. The zero-order valence-electron chi connectivity index (χ0n) is 11.0. The maximum Gasteiger partial charge on any atom is 0.151 e. The van der Waals surface area contributed by atoms with Gasteiger partial charge in [-0.3, -0.25) is 0 Å². The summed E-state index contributed by atoms with van der Waals surface area (Å²) in [4.78, 5) is 8.59. The Bertz CT molecular complexity index is 761. The normalized spacial score (nSPS) is 17.8. The van der Waals surface area contributed by atoms with Gasteiger partial charge in [-0.25, -0.2) is 14.6 Å². The fraction of sp³-hybridized carbons (Fsp3) is 0.308. The van der Waals surface area contributed by atoms with E-state index in [0.29, 0.717) is 5.92 Å². The molecule has 0 radical (unpaired) electrons. The van der Waals surface area contributed by atoms with Crippen LogP contribution in [0.5, 0.6) is 0 Å². The molecule has 0 saturated heterocycles. The predicted octanol–water partition coefficient (Wildman–Crippen LogP) is 2.69. The van der Waals surface area contributed by atoms with E-state index >= 15 is 0 Å². The highest BCUT2D eigenvalue weighted by Gasteiger charge is 2.19. The summed E-state index contributed by atoms with van der Waals surface area (Å²) in [5.74, 6) is 2.46. The molecule has 0 amide bonds. The molecule has 1 aliphatic rings. The zero-order valence-corrected chi connectivity index (χ0v) is 11.8. The van der Waals surface area contributed by atoms with E-state index < -0.39 is 0 Å². The lowest BCUT2D eigenvalue weighted by Crippen LogP contribution is -2.25. The van der Waals surface area contributed by atoms with Crippen molar-refractivity contribution in [3.8, 4) is 0 Å². The second-order valence-electron chi connectivity index (χ2n) is 5.06. The average Bonchev–Trinajstić information content (AvgIpc) is 3.06. The molecule has 1 atom stereocenters. The molecule has 102 valence electrons. The molecule has 20 heavy (non-hydrogen) atoms. The lowest BCUT2D eigenvalue weighted by Gasteiger charge is -2.22. The second kappa shape index (κ2) is 4.45. The van der Waals surface area contributed by atoms with E-state index in [0.717, 1.165) is 40.6 Å². The Hall–Kier alpha value is -2.15. The maximum atomic E-state index is 4.42. The number of hydrogen-bond acceptors (Lipinski definition) is 6. The van der Waals surface area contributed by atoms with Crippen molar-refractivity contribution in [2.24, 2.45) is 5.92 Å². The molecule has 7 heteroatoms. The largest absolute Gasteiger partial charge is 0.368 e. The van der Waals surface area contributed by atoms with Crippen molar-refractivity contribution in [3.05, 3.63) is 24.0 Å². The minimum atomic E-state index is 0.596. The molecule has 2 N–H and O–H groups in total. The van der Waals surface area contributed by atoms with Crippen LogP contribution in [0.3, 0.4) is 0 Å². The fourth-order valence-corrected chi connectivity index (χ4v) is 3.23. The Balaban J connectivity index is 1.71. The van der Waals surface area contributed by atoms with Gasteiger partial charge in [-0.1, -0.05) is 6.92 Å². The summed E-state index contributed by atoms with van der Waals surface area (Å²) in [6.45, 7) is 4.13. The van der Waals surface area contributed by atoms with Gasteiger partial charge in [-0.05, 0) is 17.4 Å². The molecule has 3 aromatic heterocycles. The third-order valence-electron chi connectivity index (χ3n) is 3.44. The van der Waals surface area contributed by atoms with Gasteiger partial charge in [0, 0.05) is 13.1 Å². The van der Waals surface area contributed by atoms with Crippen LogP contribution in [0.2, 0.25) is 0 Å². The van der Waals surface area contributed by atoms with Crippen LogP contribution in [0, 0.1) is 5.92 Å². The van der Waals surface area contributed by atoms with Crippen molar-refractivity contribution in [1.82, 2.24) is 19.7 Å². The van der Waals surface area contributed by atoms with Crippen molar-refractivity contribution in [1.29, 1.82) is 0 Å². The molecule has 4 rings (SSSR count). The molecule has 0 spiro atoms. The standard InChI is InChI=1S/C13H14N6S/c1-8-4-14-13-10(5-17-19(13)6-8)18-12-11-9(2-3-20-11)15-7-16-12/h2-3,5,7-8,14H,4,6H2,1H3,(H,15,16,18). The molecule has 0 bridgehead atoms. The van der Waals surface area contributed by atoms with E-state index in [2.05, 4.69) is 32.6 Å². The number of fused-ring (bicyclic) bond motifs is 2. The SMILES string of the molecule is CC1CNc2c(Nc3ncnc4ccsc34)cnn2C1. The molecule has 4 heterocycles. The molecule has 6 nitrogen and oxygen atoms in total. The highest BCUT2D eigenvalue weighted by molar-refractivity contribution is 7.17. The monoisotopic (exact) mass is 286 g/mol. The Kier molecular flexibility index (Phi) is 2.59. The van der Waals surface area contributed by atoms with Crippen molar-refractivity contribution in [2.45, 2.75) is 13.5 Å². The third kappa shape index (κ3) is 1.82. The summed E-state index contributed by atoms with van der Waals surface area (Å²) < 4.78 is 3.07. The fourth-order valence-electron chi connectivity index (χ4n) is 2.44. The van der Waals surface area contributed by atoms with Crippen LogP contribution in [-0.4, -0.2) is 26.3 Å². The van der Waals surface area contributed by atoms with Crippen LogP contribution >= 0.6 is 11.3 Å². The van der Waals surface area contributed by atoms with E-state index in [4.69, 9.17) is 0 Å². The van der Waals surface area contributed by atoms with Gasteiger partial charge in [0.2, 0.25) is 0 Å². The topological polar surface area (TPSA) is 67.7 Å². The van der Waals surface area contributed by atoms with Crippen molar-refractivity contribution < 1.29 is 0 Å². The molecule has 3 aromatic rings. The van der Waals surface area contributed by atoms with E-state index in [9.17, 15) is 0 Å². The Morgan fingerprint density at radius 1 is 1.45 bits per heavy atom. The van der Waals surface area contributed by atoms with Crippen LogP contribution in [0.25, 0.3) is 10.2 Å². The predicted molar refractivity (Wildman–Crippen MR) is 80.6 cm³/mol. The number of nitrogens with one attached hydrogen (secondary N) is 2. The number of thiophene rings is 1. The minimum Gasteiger partial charge on any atom is -0.368 e. The molecule has 1 aliphatic heterocycles. The molecule has 0 saturated carbocycles. The average molecular weight is 286 g/mol. The number of aromatic nitrogens is 4. The van der Waals surface area contributed by atoms with Gasteiger partial charge in [-0.15, -0.1) is 11.3 Å². The Morgan fingerprint density at radius 2 is 2.40 bits per heavy atom. The summed E-state index contributed by atoms with van der Waals surface area (Å²) in [5, 5.41) is 13.2. The lowest BCUT2D eigenvalue weighted by atomic mass is 10.1. The molecule has 0 aromatic carbocycles. The van der Waals surface area contributed by atoms with E-state index in [-0.39, 0.29) is 0 Å². The maximum absolute atomic E-state index is 4.42. The van der Waals surface area contributed by atoms with Crippen LogP contribution in [0.1, 0.15) is 6.92 Å². The number of anilines is 3. The van der Waals surface area contributed by atoms with Crippen molar-refractivity contribution in [3.63, 3.8) is 0 Å². The van der Waals surface area contributed by atoms with Crippen LogP contribution in [0.15, 0.2) is 24.0 Å². The Labute approximate surface area is 119 Å². The summed E-state index contributed by atoms with van der Waals surface area (Å²) in [6, 6.07) is 2.00. The first-order valence-corrected chi connectivity index (χ1v) is 7.44. The number of nitrogens with zero attached hydrogens (tertiary/aromatic N) is 4. The van der Waals surface area contributed by atoms with Gasteiger partial charge in [0.15, 0.2) is 5.82 Å². The molecular weight excluding hydrogens is 272 g/mol. The van der Waals surface area contributed by atoms with Crippen LogP contribution in [-0.2, 0) is 6.54 Å². The van der Waals surface area contributed by atoms with E-state index in [1.807, 2.05) is 22.3 Å². The number of hydrogen-bond donors (Lipinski definition) is 2. The quantitative estimate of drug-likeness (QED) is 0.758. The highest BCUT2D eigenvalue weighted by atomic mass is 32.1. The van der Waals surface area contributed by atoms with Gasteiger partial charge in [0.25, 0.3) is 0 Å². The van der Waals surface area contributed by atoms with Gasteiger partial charge in [0.05, 0.1) is 16.4 Å². The van der Waals surface area contributed by atoms with Gasteiger partial charge in [0.1, 0.15) is 17.8 Å². The molecular formula is C13H14N6S. The van der Waals surface area contributed by atoms with Crippen molar-refractivity contribution >= 4 is 38.9 Å². The lowest BCUT2D eigenvalue weighted by molar-refractivity contribution is 0.445. The summed E-state index contributed by atoms with van der Waals surface area (Å²) in [5.41, 5.74) is 1.93. The zero-order chi connectivity index (χ0) is 13.5. The summed E-state index contributed by atoms with van der Waals surface area (Å²) >= 11 is 1.64. The minimum absolute atomic E-state index is 0.596. The molecule has 1 unspecified atom stereocenters. The van der Waals surface area contributed by atoms with E-state index in [1.165, 1.54) is 0 Å². The van der Waals surface area contributed by atoms with Gasteiger partial charge >= 0.3 is 0 Å². The van der Waals surface area contributed by atoms with Gasteiger partial charge < -0.3 is 10.6 Å². The van der Waals surface area contributed by atoms with Crippen LogP contribution in [0.4, 0.5) is 17.3 Å². The summed E-state index contributed by atoms with van der Waals surface area (Å²) in [7, 11) is 0. The summed E-state index contributed by atoms with van der Waals surface area (Å²) in [6.07, 6.45) is 3.44. The molecule has 0 aliphatic carbocycles. The first-order chi connectivity index (χ1) is 9.81. The first-order valence-electron chi connectivity index (χ1n) is 6.56.